The summed E-state index contributed by atoms with van der Waals surface area (Å²) in [5.41, 5.74) is 3.54. The lowest BCUT2D eigenvalue weighted by atomic mass is 10.1. The average Bonchev–Trinajstić information content (AvgIpc) is 3.15. The Labute approximate surface area is 124 Å². The van der Waals surface area contributed by atoms with Gasteiger partial charge in [-0.2, -0.15) is 0 Å². The van der Waals surface area contributed by atoms with Gasteiger partial charge in [0, 0.05) is 16.3 Å². The maximum absolute atomic E-state index is 9.18. The SMILES string of the molecule is C=Nc1nc(-c2csc(-c3cccc(CO)c3)n2)cs1. The number of aliphatic imine (C=N–C) groups is 1. The van der Waals surface area contributed by atoms with Gasteiger partial charge >= 0.3 is 0 Å². The van der Waals surface area contributed by atoms with Crippen LogP contribution in [0.25, 0.3) is 22.0 Å². The second kappa shape index (κ2) is 5.62. The van der Waals surface area contributed by atoms with Gasteiger partial charge in [-0.15, -0.1) is 22.7 Å². The molecule has 100 valence electrons. The summed E-state index contributed by atoms with van der Waals surface area (Å²) < 4.78 is 0. The first-order chi connectivity index (χ1) is 9.80. The van der Waals surface area contributed by atoms with Crippen LogP contribution in [0.2, 0.25) is 0 Å². The van der Waals surface area contributed by atoms with Crippen molar-refractivity contribution in [1.82, 2.24) is 9.97 Å². The fourth-order valence-corrected chi connectivity index (χ4v) is 3.21. The minimum absolute atomic E-state index is 0.0342. The number of benzene rings is 1. The molecular weight excluding hydrogens is 290 g/mol. The van der Waals surface area contributed by atoms with E-state index in [1.54, 1.807) is 11.3 Å². The molecule has 0 saturated heterocycles. The Hall–Kier alpha value is -1.89. The van der Waals surface area contributed by atoms with Crippen LogP contribution in [0.15, 0.2) is 40.0 Å². The molecular formula is C14H11N3OS2. The largest absolute Gasteiger partial charge is 0.392 e. The molecule has 0 aliphatic rings. The summed E-state index contributed by atoms with van der Waals surface area (Å²) in [7, 11) is 0. The highest BCUT2D eigenvalue weighted by atomic mass is 32.1. The molecule has 1 N–H and O–H groups in total. The summed E-state index contributed by atoms with van der Waals surface area (Å²) in [6, 6.07) is 7.74. The van der Waals surface area contributed by atoms with Gasteiger partial charge in [0.2, 0.25) is 5.13 Å². The Morgan fingerprint density at radius 2 is 1.95 bits per heavy atom. The summed E-state index contributed by atoms with van der Waals surface area (Å²) in [5.74, 6) is 0. The quantitative estimate of drug-likeness (QED) is 0.746. The molecule has 6 heteroatoms. The van der Waals surface area contributed by atoms with Gasteiger partial charge in [-0.3, -0.25) is 0 Å². The minimum Gasteiger partial charge on any atom is -0.392 e. The van der Waals surface area contributed by atoms with Crippen LogP contribution in [-0.2, 0) is 6.61 Å². The van der Waals surface area contributed by atoms with Crippen molar-refractivity contribution in [3.05, 3.63) is 40.6 Å². The van der Waals surface area contributed by atoms with E-state index in [2.05, 4.69) is 21.7 Å². The van der Waals surface area contributed by atoms with Gasteiger partial charge in [0.05, 0.1) is 6.61 Å². The molecule has 1 aromatic carbocycles. The van der Waals surface area contributed by atoms with E-state index in [0.29, 0.717) is 5.13 Å². The lowest BCUT2D eigenvalue weighted by Gasteiger charge is -1.99. The highest BCUT2D eigenvalue weighted by molar-refractivity contribution is 7.14. The molecule has 3 rings (SSSR count). The molecule has 0 spiro atoms. The Morgan fingerprint density at radius 1 is 1.15 bits per heavy atom. The zero-order chi connectivity index (χ0) is 13.9. The van der Waals surface area contributed by atoms with Crippen molar-refractivity contribution < 1.29 is 5.11 Å². The van der Waals surface area contributed by atoms with Gasteiger partial charge in [-0.25, -0.2) is 15.0 Å². The topological polar surface area (TPSA) is 58.4 Å². The predicted molar refractivity (Wildman–Crippen MR) is 83.8 cm³/mol. The summed E-state index contributed by atoms with van der Waals surface area (Å²) in [5, 5.41) is 14.6. The molecule has 0 radical (unpaired) electrons. The van der Waals surface area contributed by atoms with E-state index in [9.17, 15) is 5.11 Å². The maximum Gasteiger partial charge on any atom is 0.209 e. The Balaban J connectivity index is 1.94. The second-order valence-electron chi connectivity index (χ2n) is 4.07. The molecule has 0 fully saturated rings. The molecule has 0 aliphatic carbocycles. The standard InChI is InChI=1S/C14H11N3OS2/c1-15-14-17-12(8-20-14)11-7-19-13(16-11)10-4-2-3-9(5-10)6-18/h2-5,7-8,18H,1,6H2. The lowest BCUT2D eigenvalue weighted by Crippen LogP contribution is -1.84. The van der Waals surface area contributed by atoms with Gasteiger partial charge < -0.3 is 5.11 Å². The summed E-state index contributed by atoms with van der Waals surface area (Å²) >= 11 is 3.01. The number of nitrogens with zero attached hydrogens (tertiary/aromatic N) is 3. The third kappa shape index (κ3) is 2.53. The Bertz CT molecular complexity index is 748. The Kier molecular flexibility index (Phi) is 3.68. The van der Waals surface area contributed by atoms with E-state index in [0.717, 1.165) is 27.5 Å². The van der Waals surface area contributed by atoms with Crippen LogP contribution in [0.3, 0.4) is 0 Å². The molecule has 0 bridgehead atoms. The van der Waals surface area contributed by atoms with Crippen molar-refractivity contribution in [3.63, 3.8) is 0 Å². The lowest BCUT2D eigenvalue weighted by molar-refractivity contribution is 0.282. The van der Waals surface area contributed by atoms with Gasteiger partial charge in [0.1, 0.15) is 16.4 Å². The van der Waals surface area contributed by atoms with Crippen LogP contribution < -0.4 is 0 Å². The number of hydrogen-bond donors (Lipinski definition) is 1. The third-order valence-electron chi connectivity index (χ3n) is 2.75. The van der Waals surface area contributed by atoms with E-state index in [1.807, 2.05) is 35.0 Å². The zero-order valence-electron chi connectivity index (χ0n) is 10.5. The smallest absolute Gasteiger partial charge is 0.209 e. The Morgan fingerprint density at radius 3 is 2.70 bits per heavy atom. The molecule has 4 nitrogen and oxygen atoms in total. The zero-order valence-corrected chi connectivity index (χ0v) is 12.1. The normalized spacial score (nSPS) is 10.7. The van der Waals surface area contributed by atoms with Crippen LogP contribution in [0.4, 0.5) is 5.13 Å². The number of aliphatic hydroxyl groups is 1. The number of hydrogen-bond acceptors (Lipinski definition) is 6. The number of rotatable bonds is 4. The van der Waals surface area contributed by atoms with Gasteiger partial charge in [0.15, 0.2) is 0 Å². The van der Waals surface area contributed by atoms with E-state index >= 15 is 0 Å². The van der Waals surface area contributed by atoms with Crippen molar-refractivity contribution in [3.8, 4) is 22.0 Å². The number of aliphatic hydroxyl groups excluding tert-OH is 1. The maximum atomic E-state index is 9.18. The molecule has 0 unspecified atom stereocenters. The summed E-state index contributed by atoms with van der Waals surface area (Å²) in [6.45, 7) is 3.50. The van der Waals surface area contributed by atoms with Crippen LogP contribution in [0.5, 0.6) is 0 Å². The monoisotopic (exact) mass is 301 g/mol. The molecule has 0 saturated carbocycles. The van der Waals surface area contributed by atoms with Crippen LogP contribution >= 0.6 is 22.7 Å². The van der Waals surface area contributed by atoms with Gasteiger partial charge in [-0.05, 0) is 18.3 Å². The second-order valence-corrected chi connectivity index (χ2v) is 5.76. The highest BCUT2D eigenvalue weighted by Crippen LogP contribution is 2.31. The first-order valence-electron chi connectivity index (χ1n) is 5.88. The van der Waals surface area contributed by atoms with Crippen LogP contribution in [-0.4, -0.2) is 21.8 Å². The van der Waals surface area contributed by atoms with Crippen molar-refractivity contribution in [2.75, 3.05) is 0 Å². The molecule has 0 aliphatic heterocycles. The number of aromatic nitrogens is 2. The predicted octanol–water partition coefficient (Wildman–Crippen LogP) is 3.76. The van der Waals surface area contributed by atoms with Gasteiger partial charge in [0.25, 0.3) is 0 Å². The van der Waals surface area contributed by atoms with Crippen LogP contribution in [0.1, 0.15) is 5.56 Å². The molecule has 3 aromatic rings. The van der Waals surface area contributed by atoms with E-state index < -0.39 is 0 Å². The third-order valence-corrected chi connectivity index (χ3v) is 4.41. The van der Waals surface area contributed by atoms with Crippen molar-refractivity contribution in [2.24, 2.45) is 4.99 Å². The molecule has 0 amide bonds. The summed E-state index contributed by atoms with van der Waals surface area (Å²) in [6.07, 6.45) is 0. The average molecular weight is 301 g/mol. The molecule has 2 heterocycles. The van der Waals surface area contributed by atoms with Crippen molar-refractivity contribution in [1.29, 1.82) is 0 Å². The molecule has 0 atom stereocenters. The number of thiazole rings is 2. The summed E-state index contributed by atoms with van der Waals surface area (Å²) in [4.78, 5) is 12.7. The molecule has 2 aromatic heterocycles. The highest BCUT2D eigenvalue weighted by Gasteiger charge is 2.10. The van der Waals surface area contributed by atoms with Crippen LogP contribution in [0, 0.1) is 0 Å². The fourth-order valence-electron chi connectivity index (χ4n) is 1.78. The minimum atomic E-state index is 0.0342. The molecule has 20 heavy (non-hydrogen) atoms. The van der Waals surface area contributed by atoms with E-state index in [-0.39, 0.29) is 6.61 Å². The van der Waals surface area contributed by atoms with Gasteiger partial charge in [-0.1, -0.05) is 18.2 Å². The van der Waals surface area contributed by atoms with Crippen molar-refractivity contribution >= 4 is 34.5 Å². The van der Waals surface area contributed by atoms with Crippen molar-refractivity contribution in [2.45, 2.75) is 6.61 Å². The van der Waals surface area contributed by atoms with E-state index in [4.69, 9.17) is 0 Å². The first-order valence-corrected chi connectivity index (χ1v) is 7.64. The fraction of sp³-hybridized carbons (Fsp3) is 0.0714. The first kappa shape index (κ1) is 13.1. The van der Waals surface area contributed by atoms with E-state index in [1.165, 1.54) is 11.3 Å².